The number of carbonyl (C=O) groups excluding carboxylic acids is 1. The third-order valence-corrected chi connectivity index (χ3v) is 5.49. The molecule has 3 rings (SSSR count). The van der Waals surface area contributed by atoms with Crippen LogP contribution in [0.2, 0.25) is 0 Å². The molecule has 0 aliphatic heterocycles. The third-order valence-electron chi connectivity index (χ3n) is 5.49. The van der Waals surface area contributed by atoms with Gasteiger partial charge in [0.25, 0.3) is 0 Å². The van der Waals surface area contributed by atoms with Gasteiger partial charge in [0.05, 0.1) is 0 Å². The van der Waals surface area contributed by atoms with Crippen LogP contribution in [0.1, 0.15) is 50.5 Å². The van der Waals surface area contributed by atoms with Crippen LogP contribution in [-0.4, -0.2) is 18.5 Å². The van der Waals surface area contributed by atoms with Crippen LogP contribution in [0, 0.1) is 5.92 Å². The highest BCUT2D eigenvalue weighted by atomic mass is 16.1. The van der Waals surface area contributed by atoms with Crippen LogP contribution in [0.15, 0.2) is 30.3 Å². The van der Waals surface area contributed by atoms with E-state index in [1.54, 1.807) is 0 Å². The molecular weight excluding hydrogens is 260 g/mol. The molecule has 21 heavy (non-hydrogen) atoms. The largest absolute Gasteiger partial charge is 0.355 e. The lowest BCUT2D eigenvalue weighted by Crippen LogP contribution is -2.46. The summed E-state index contributed by atoms with van der Waals surface area (Å²) in [6.07, 6.45) is 7.59. The summed E-state index contributed by atoms with van der Waals surface area (Å²) in [6.45, 7) is 0.776. The second-order valence-corrected chi connectivity index (χ2v) is 6.84. The van der Waals surface area contributed by atoms with Gasteiger partial charge < -0.3 is 11.1 Å². The fraction of sp³-hybridized carbons (Fsp3) is 0.611. The summed E-state index contributed by atoms with van der Waals surface area (Å²) < 4.78 is 0. The maximum Gasteiger partial charge on any atom is 0.220 e. The molecule has 0 aromatic heterocycles. The summed E-state index contributed by atoms with van der Waals surface area (Å²) in [5.41, 5.74) is 7.60. The van der Waals surface area contributed by atoms with E-state index in [1.165, 1.54) is 31.2 Å². The van der Waals surface area contributed by atoms with Gasteiger partial charge in [-0.2, -0.15) is 0 Å². The summed E-state index contributed by atoms with van der Waals surface area (Å²) in [5.74, 6) is 0.568. The zero-order valence-corrected chi connectivity index (χ0v) is 12.7. The number of amides is 1. The predicted octanol–water partition coefficient (Wildman–Crippen LogP) is 2.74. The van der Waals surface area contributed by atoms with Crippen LogP contribution in [0.4, 0.5) is 0 Å². The first-order chi connectivity index (χ1) is 10.2. The van der Waals surface area contributed by atoms with Crippen molar-refractivity contribution in [2.45, 2.75) is 56.4 Å². The van der Waals surface area contributed by atoms with Gasteiger partial charge in [0, 0.05) is 24.4 Å². The summed E-state index contributed by atoms with van der Waals surface area (Å²) >= 11 is 0. The average Bonchev–Trinajstić information content (AvgIpc) is 2.84. The van der Waals surface area contributed by atoms with Crippen molar-refractivity contribution in [3.05, 3.63) is 35.9 Å². The average molecular weight is 286 g/mol. The summed E-state index contributed by atoms with van der Waals surface area (Å²) in [7, 11) is 0. The van der Waals surface area contributed by atoms with Crippen molar-refractivity contribution in [2.24, 2.45) is 11.7 Å². The molecule has 0 saturated heterocycles. The lowest BCUT2D eigenvalue weighted by molar-refractivity contribution is -0.122. The van der Waals surface area contributed by atoms with Crippen molar-refractivity contribution in [3.8, 4) is 0 Å². The molecule has 2 saturated carbocycles. The molecule has 2 atom stereocenters. The monoisotopic (exact) mass is 286 g/mol. The SMILES string of the molecule is N[C@@H]1CCC[C@H]1CC(=O)NCC1(c2ccccc2)CCC1. The van der Waals surface area contributed by atoms with E-state index in [-0.39, 0.29) is 17.4 Å². The second kappa shape index (κ2) is 6.18. The van der Waals surface area contributed by atoms with Crippen LogP contribution in [0.5, 0.6) is 0 Å². The van der Waals surface area contributed by atoms with Crippen molar-refractivity contribution in [2.75, 3.05) is 6.54 Å². The topological polar surface area (TPSA) is 55.1 Å². The van der Waals surface area contributed by atoms with E-state index in [0.717, 1.165) is 19.4 Å². The molecular formula is C18H26N2O. The van der Waals surface area contributed by atoms with E-state index in [0.29, 0.717) is 12.3 Å². The Morgan fingerprint density at radius 1 is 1.19 bits per heavy atom. The zero-order chi connectivity index (χ0) is 14.7. The first-order valence-corrected chi connectivity index (χ1v) is 8.27. The number of hydrogen-bond donors (Lipinski definition) is 2. The number of carbonyl (C=O) groups is 1. The molecule has 114 valence electrons. The van der Waals surface area contributed by atoms with Gasteiger partial charge in [0.15, 0.2) is 0 Å². The maximum atomic E-state index is 12.2. The smallest absolute Gasteiger partial charge is 0.220 e. The Balaban J connectivity index is 1.55. The minimum atomic E-state index is 0.175. The van der Waals surface area contributed by atoms with Gasteiger partial charge in [0.2, 0.25) is 5.91 Å². The van der Waals surface area contributed by atoms with E-state index in [9.17, 15) is 4.79 Å². The third kappa shape index (κ3) is 3.13. The van der Waals surface area contributed by atoms with Gasteiger partial charge >= 0.3 is 0 Å². The Kier molecular flexibility index (Phi) is 4.29. The van der Waals surface area contributed by atoms with Crippen LogP contribution >= 0.6 is 0 Å². The lowest BCUT2D eigenvalue weighted by Gasteiger charge is -2.42. The van der Waals surface area contributed by atoms with Gasteiger partial charge in [-0.05, 0) is 37.2 Å². The molecule has 3 nitrogen and oxygen atoms in total. The van der Waals surface area contributed by atoms with Gasteiger partial charge in [-0.25, -0.2) is 0 Å². The molecule has 2 aliphatic rings. The van der Waals surface area contributed by atoms with Crippen LogP contribution in [0.25, 0.3) is 0 Å². The van der Waals surface area contributed by atoms with Crippen LogP contribution < -0.4 is 11.1 Å². The fourth-order valence-electron chi connectivity index (χ4n) is 3.86. The first kappa shape index (κ1) is 14.6. The first-order valence-electron chi connectivity index (χ1n) is 8.27. The molecule has 0 unspecified atom stereocenters. The molecule has 3 heteroatoms. The molecule has 0 radical (unpaired) electrons. The number of nitrogens with two attached hydrogens (primary N) is 1. The molecule has 0 spiro atoms. The van der Waals surface area contributed by atoms with E-state index < -0.39 is 0 Å². The predicted molar refractivity (Wildman–Crippen MR) is 84.9 cm³/mol. The molecule has 3 N–H and O–H groups in total. The quantitative estimate of drug-likeness (QED) is 0.874. The zero-order valence-electron chi connectivity index (χ0n) is 12.7. The highest BCUT2D eigenvalue weighted by molar-refractivity contribution is 5.76. The number of hydrogen-bond acceptors (Lipinski definition) is 2. The number of benzene rings is 1. The van der Waals surface area contributed by atoms with Gasteiger partial charge in [-0.1, -0.05) is 43.2 Å². The molecule has 1 amide bonds. The Bertz CT molecular complexity index is 481. The summed E-state index contributed by atoms with van der Waals surface area (Å²) in [6, 6.07) is 10.8. The Labute approximate surface area is 127 Å². The van der Waals surface area contributed by atoms with Crippen molar-refractivity contribution < 1.29 is 4.79 Å². The van der Waals surface area contributed by atoms with Gasteiger partial charge in [-0.3, -0.25) is 4.79 Å². The molecule has 2 fully saturated rings. The maximum absolute atomic E-state index is 12.2. The molecule has 1 aromatic carbocycles. The summed E-state index contributed by atoms with van der Waals surface area (Å²) in [4.78, 5) is 12.2. The van der Waals surface area contributed by atoms with E-state index in [1.807, 2.05) is 0 Å². The highest BCUT2D eigenvalue weighted by Crippen LogP contribution is 2.43. The minimum absolute atomic E-state index is 0.175. The van der Waals surface area contributed by atoms with Gasteiger partial charge in [0.1, 0.15) is 0 Å². The Morgan fingerprint density at radius 3 is 2.52 bits per heavy atom. The second-order valence-electron chi connectivity index (χ2n) is 6.84. The van der Waals surface area contributed by atoms with Gasteiger partial charge in [-0.15, -0.1) is 0 Å². The molecule has 2 aliphatic carbocycles. The Morgan fingerprint density at radius 2 is 1.95 bits per heavy atom. The normalized spacial score (nSPS) is 27.1. The number of nitrogens with one attached hydrogen (secondary N) is 1. The van der Waals surface area contributed by atoms with Crippen LogP contribution in [-0.2, 0) is 10.2 Å². The number of rotatable bonds is 5. The van der Waals surface area contributed by atoms with Crippen molar-refractivity contribution >= 4 is 5.91 Å². The van der Waals surface area contributed by atoms with Crippen LogP contribution in [0.3, 0.4) is 0 Å². The van der Waals surface area contributed by atoms with E-state index in [2.05, 4.69) is 35.6 Å². The fourth-order valence-corrected chi connectivity index (χ4v) is 3.86. The molecule has 1 aromatic rings. The Hall–Kier alpha value is -1.35. The van der Waals surface area contributed by atoms with Crippen molar-refractivity contribution in [1.29, 1.82) is 0 Å². The molecule has 0 heterocycles. The standard InChI is InChI=1S/C18H26N2O/c19-16-9-4-6-14(16)12-17(21)20-13-18(10-5-11-18)15-7-2-1-3-8-15/h1-3,7-8,14,16H,4-6,9-13,19H2,(H,20,21)/t14-,16+/m0/s1. The summed E-state index contributed by atoms with van der Waals surface area (Å²) in [5, 5.41) is 3.18. The minimum Gasteiger partial charge on any atom is -0.355 e. The van der Waals surface area contributed by atoms with E-state index >= 15 is 0 Å². The van der Waals surface area contributed by atoms with E-state index in [4.69, 9.17) is 5.73 Å². The highest BCUT2D eigenvalue weighted by Gasteiger charge is 2.38. The molecule has 0 bridgehead atoms. The lowest BCUT2D eigenvalue weighted by atomic mass is 9.64. The van der Waals surface area contributed by atoms with Crippen molar-refractivity contribution in [1.82, 2.24) is 5.32 Å². The van der Waals surface area contributed by atoms with Crippen molar-refractivity contribution in [3.63, 3.8) is 0 Å².